The summed E-state index contributed by atoms with van der Waals surface area (Å²) >= 11 is 0. The lowest BCUT2D eigenvalue weighted by molar-refractivity contribution is -0.120. The SMILES string of the molecule is C/C=C/C1(C)C(=O)N(C)c2ccccc21. The fourth-order valence-corrected chi connectivity index (χ4v) is 2.27. The van der Waals surface area contributed by atoms with Crippen LogP contribution < -0.4 is 4.90 Å². The lowest BCUT2D eigenvalue weighted by Crippen LogP contribution is -2.34. The Morgan fingerprint density at radius 3 is 2.67 bits per heavy atom. The first kappa shape index (κ1) is 9.97. The molecule has 0 N–H and O–H groups in total. The molecule has 1 aromatic carbocycles. The quantitative estimate of drug-likeness (QED) is 0.639. The number of allylic oxidation sites excluding steroid dienone is 1. The third-order valence-corrected chi connectivity index (χ3v) is 3.07. The molecule has 0 saturated heterocycles. The van der Waals surface area contributed by atoms with Gasteiger partial charge in [0.15, 0.2) is 0 Å². The van der Waals surface area contributed by atoms with Gasteiger partial charge in [0.25, 0.3) is 0 Å². The molecule has 1 unspecified atom stereocenters. The third-order valence-electron chi connectivity index (χ3n) is 3.07. The molecule has 0 bridgehead atoms. The Morgan fingerprint density at radius 1 is 1.33 bits per heavy atom. The van der Waals surface area contributed by atoms with E-state index in [4.69, 9.17) is 0 Å². The number of para-hydroxylation sites is 1. The van der Waals surface area contributed by atoms with Gasteiger partial charge >= 0.3 is 0 Å². The van der Waals surface area contributed by atoms with Gasteiger partial charge in [0.2, 0.25) is 5.91 Å². The number of carbonyl (C=O) groups is 1. The van der Waals surface area contributed by atoms with Crippen LogP contribution in [0.15, 0.2) is 36.4 Å². The minimum absolute atomic E-state index is 0.141. The summed E-state index contributed by atoms with van der Waals surface area (Å²) in [4.78, 5) is 13.9. The summed E-state index contributed by atoms with van der Waals surface area (Å²) in [5, 5.41) is 0. The van der Waals surface area contributed by atoms with E-state index in [9.17, 15) is 4.79 Å². The Hall–Kier alpha value is -1.57. The van der Waals surface area contributed by atoms with E-state index >= 15 is 0 Å². The normalized spacial score (nSPS) is 25.0. The van der Waals surface area contributed by atoms with Gasteiger partial charge in [-0.25, -0.2) is 0 Å². The van der Waals surface area contributed by atoms with Crippen LogP contribution >= 0.6 is 0 Å². The van der Waals surface area contributed by atoms with E-state index in [0.717, 1.165) is 11.3 Å². The molecule has 1 amide bonds. The van der Waals surface area contributed by atoms with E-state index in [1.807, 2.05) is 57.3 Å². The molecule has 1 aromatic rings. The Bertz CT molecular complexity index is 436. The van der Waals surface area contributed by atoms with Gasteiger partial charge in [-0.05, 0) is 25.5 Å². The molecule has 1 atom stereocenters. The molecule has 2 heteroatoms. The van der Waals surface area contributed by atoms with Crippen LogP contribution in [-0.2, 0) is 10.2 Å². The third kappa shape index (κ3) is 1.21. The van der Waals surface area contributed by atoms with E-state index in [1.165, 1.54) is 0 Å². The lowest BCUT2D eigenvalue weighted by Gasteiger charge is -2.18. The highest BCUT2D eigenvalue weighted by Crippen LogP contribution is 2.41. The van der Waals surface area contributed by atoms with E-state index in [1.54, 1.807) is 4.90 Å². The molecule has 0 aliphatic carbocycles. The molecular weight excluding hydrogens is 186 g/mol. The standard InChI is InChI=1S/C13H15NO/c1-4-9-13(2)10-7-5-6-8-11(10)14(3)12(13)15/h4-9H,1-3H3/b9-4+. The minimum atomic E-state index is -0.486. The number of nitrogens with zero attached hydrogens (tertiary/aromatic N) is 1. The summed E-state index contributed by atoms with van der Waals surface area (Å²) in [6.45, 7) is 3.91. The molecule has 0 spiro atoms. The fraction of sp³-hybridized carbons (Fsp3) is 0.308. The predicted molar refractivity (Wildman–Crippen MR) is 62.0 cm³/mol. The van der Waals surface area contributed by atoms with Gasteiger partial charge in [-0.1, -0.05) is 30.4 Å². The fourth-order valence-electron chi connectivity index (χ4n) is 2.27. The number of rotatable bonds is 1. The van der Waals surface area contributed by atoms with Crippen molar-refractivity contribution in [2.45, 2.75) is 19.3 Å². The molecule has 0 fully saturated rings. The molecule has 0 radical (unpaired) electrons. The van der Waals surface area contributed by atoms with Crippen LogP contribution in [0.4, 0.5) is 5.69 Å². The zero-order valence-corrected chi connectivity index (χ0v) is 9.32. The number of likely N-dealkylation sites (N-methyl/N-ethyl adjacent to an activating group) is 1. The van der Waals surface area contributed by atoms with Crippen molar-refractivity contribution in [1.82, 2.24) is 0 Å². The Morgan fingerprint density at radius 2 is 2.00 bits per heavy atom. The second kappa shape index (κ2) is 3.23. The Kier molecular flexibility index (Phi) is 2.14. The largest absolute Gasteiger partial charge is 0.314 e. The lowest BCUT2D eigenvalue weighted by atomic mass is 9.83. The molecule has 0 saturated carbocycles. The summed E-state index contributed by atoms with van der Waals surface area (Å²) in [5.74, 6) is 0.141. The van der Waals surface area contributed by atoms with Gasteiger partial charge in [-0.2, -0.15) is 0 Å². The summed E-state index contributed by atoms with van der Waals surface area (Å²) in [5.41, 5.74) is 1.62. The number of carbonyl (C=O) groups excluding carboxylic acids is 1. The number of hydrogen-bond donors (Lipinski definition) is 0. The molecule has 15 heavy (non-hydrogen) atoms. The van der Waals surface area contributed by atoms with Crippen LogP contribution in [0.25, 0.3) is 0 Å². The monoisotopic (exact) mass is 201 g/mol. The van der Waals surface area contributed by atoms with Crippen LogP contribution in [0.3, 0.4) is 0 Å². The van der Waals surface area contributed by atoms with Gasteiger partial charge in [0, 0.05) is 12.7 Å². The van der Waals surface area contributed by atoms with Crippen LogP contribution in [0.1, 0.15) is 19.4 Å². The van der Waals surface area contributed by atoms with Crippen LogP contribution in [0.2, 0.25) is 0 Å². The van der Waals surface area contributed by atoms with Crippen molar-refractivity contribution < 1.29 is 4.79 Å². The van der Waals surface area contributed by atoms with Crippen molar-refractivity contribution in [2.24, 2.45) is 0 Å². The van der Waals surface area contributed by atoms with Crippen molar-refractivity contribution >= 4 is 11.6 Å². The van der Waals surface area contributed by atoms with E-state index in [0.29, 0.717) is 0 Å². The van der Waals surface area contributed by atoms with Gasteiger partial charge in [0.1, 0.15) is 0 Å². The first-order chi connectivity index (χ1) is 7.11. The molecule has 2 rings (SSSR count). The topological polar surface area (TPSA) is 20.3 Å². The maximum absolute atomic E-state index is 12.1. The summed E-state index contributed by atoms with van der Waals surface area (Å²) in [6, 6.07) is 7.95. The van der Waals surface area contributed by atoms with Crippen LogP contribution in [-0.4, -0.2) is 13.0 Å². The Balaban J connectivity index is 2.66. The molecule has 2 nitrogen and oxygen atoms in total. The molecule has 0 aromatic heterocycles. The highest BCUT2D eigenvalue weighted by atomic mass is 16.2. The molecule has 1 heterocycles. The average Bonchev–Trinajstić information content (AvgIpc) is 2.43. The average molecular weight is 201 g/mol. The van der Waals surface area contributed by atoms with Gasteiger partial charge < -0.3 is 4.90 Å². The summed E-state index contributed by atoms with van der Waals surface area (Å²) < 4.78 is 0. The van der Waals surface area contributed by atoms with Gasteiger partial charge in [-0.3, -0.25) is 4.79 Å². The zero-order chi connectivity index (χ0) is 11.1. The maximum atomic E-state index is 12.1. The van der Waals surface area contributed by atoms with Crippen molar-refractivity contribution in [2.75, 3.05) is 11.9 Å². The number of amides is 1. The summed E-state index contributed by atoms with van der Waals surface area (Å²) in [6.07, 6.45) is 3.91. The van der Waals surface area contributed by atoms with E-state index in [2.05, 4.69) is 0 Å². The first-order valence-electron chi connectivity index (χ1n) is 5.13. The van der Waals surface area contributed by atoms with Gasteiger partial charge in [0.05, 0.1) is 5.41 Å². The molecular formula is C13H15NO. The van der Waals surface area contributed by atoms with Crippen LogP contribution in [0, 0.1) is 0 Å². The molecule has 1 aliphatic heterocycles. The smallest absolute Gasteiger partial charge is 0.241 e. The first-order valence-corrected chi connectivity index (χ1v) is 5.13. The summed E-state index contributed by atoms with van der Waals surface area (Å²) in [7, 11) is 1.83. The highest BCUT2D eigenvalue weighted by Gasteiger charge is 2.43. The number of hydrogen-bond acceptors (Lipinski definition) is 1. The molecule has 78 valence electrons. The maximum Gasteiger partial charge on any atom is 0.241 e. The number of fused-ring (bicyclic) bond motifs is 1. The highest BCUT2D eigenvalue weighted by molar-refractivity contribution is 6.08. The van der Waals surface area contributed by atoms with Crippen molar-refractivity contribution in [3.8, 4) is 0 Å². The van der Waals surface area contributed by atoms with Crippen molar-refractivity contribution in [3.05, 3.63) is 42.0 Å². The molecule has 1 aliphatic rings. The second-order valence-electron chi connectivity index (χ2n) is 4.08. The van der Waals surface area contributed by atoms with E-state index < -0.39 is 5.41 Å². The van der Waals surface area contributed by atoms with Crippen molar-refractivity contribution in [3.63, 3.8) is 0 Å². The van der Waals surface area contributed by atoms with Crippen LogP contribution in [0.5, 0.6) is 0 Å². The minimum Gasteiger partial charge on any atom is -0.314 e. The van der Waals surface area contributed by atoms with E-state index in [-0.39, 0.29) is 5.91 Å². The second-order valence-corrected chi connectivity index (χ2v) is 4.08. The Labute approximate surface area is 90.2 Å². The van der Waals surface area contributed by atoms with Crippen molar-refractivity contribution in [1.29, 1.82) is 0 Å². The zero-order valence-electron chi connectivity index (χ0n) is 9.32. The number of benzene rings is 1. The van der Waals surface area contributed by atoms with Gasteiger partial charge in [-0.15, -0.1) is 0 Å². The predicted octanol–water partition coefficient (Wildman–Crippen LogP) is 2.50. The number of anilines is 1.